The third kappa shape index (κ3) is 1.80. The predicted molar refractivity (Wildman–Crippen MR) is 49.3 cm³/mol. The third-order valence-corrected chi connectivity index (χ3v) is 2.51. The van der Waals surface area contributed by atoms with Gasteiger partial charge in [-0.3, -0.25) is 4.79 Å². The van der Waals surface area contributed by atoms with Gasteiger partial charge in [0.2, 0.25) is 5.91 Å². The van der Waals surface area contributed by atoms with Crippen LogP contribution < -0.4 is 0 Å². The number of hydrogen-bond acceptors (Lipinski definition) is 3. The fourth-order valence-corrected chi connectivity index (χ4v) is 1.73. The number of aliphatic hydroxyl groups excluding tert-OH is 1. The molecule has 0 aliphatic carbocycles. The van der Waals surface area contributed by atoms with Crippen LogP contribution in [0.1, 0.15) is 12.0 Å². The van der Waals surface area contributed by atoms with Crippen LogP contribution in [0.15, 0.2) is 23.0 Å². The molecule has 2 heterocycles. The van der Waals surface area contributed by atoms with Crippen molar-refractivity contribution in [2.75, 3.05) is 13.2 Å². The summed E-state index contributed by atoms with van der Waals surface area (Å²) in [4.78, 5) is 13.2. The van der Waals surface area contributed by atoms with Gasteiger partial charge in [-0.15, -0.1) is 0 Å². The van der Waals surface area contributed by atoms with E-state index in [1.807, 2.05) is 6.07 Å². The van der Waals surface area contributed by atoms with Crippen molar-refractivity contribution in [3.05, 3.63) is 24.2 Å². The highest BCUT2D eigenvalue weighted by atomic mass is 16.3. The smallest absolute Gasteiger partial charge is 0.223 e. The van der Waals surface area contributed by atoms with Gasteiger partial charge in [0.15, 0.2) is 0 Å². The van der Waals surface area contributed by atoms with E-state index in [4.69, 9.17) is 9.52 Å². The molecule has 4 nitrogen and oxygen atoms in total. The van der Waals surface area contributed by atoms with Crippen molar-refractivity contribution in [2.45, 2.75) is 13.0 Å². The Morgan fingerprint density at radius 3 is 3.07 bits per heavy atom. The summed E-state index contributed by atoms with van der Waals surface area (Å²) in [6.07, 6.45) is 3.70. The molecule has 1 aliphatic rings. The quantitative estimate of drug-likeness (QED) is 0.769. The standard InChI is InChI=1S/C10H13NO3/c12-6-9-3-10(13)11(5-9)4-8-1-2-14-7-8/h1-2,7,9,12H,3-6H2. The summed E-state index contributed by atoms with van der Waals surface area (Å²) in [6, 6.07) is 1.85. The van der Waals surface area contributed by atoms with Gasteiger partial charge in [0.05, 0.1) is 12.5 Å². The molecule has 1 unspecified atom stereocenters. The Bertz CT molecular complexity index is 307. The maximum atomic E-state index is 11.5. The van der Waals surface area contributed by atoms with Crippen LogP contribution in [-0.2, 0) is 11.3 Å². The van der Waals surface area contributed by atoms with Crippen molar-refractivity contribution in [3.63, 3.8) is 0 Å². The van der Waals surface area contributed by atoms with E-state index in [-0.39, 0.29) is 18.4 Å². The first-order chi connectivity index (χ1) is 6.79. The summed E-state index contributed by atoms with van der Waals surface area (Å²) < 4.78 is 4.93. The number of carbonyl (C=O) groups is 1. The Morgan fingerprint density at radius 2 is 2.50 bits per heavy atom. The van der Waals surface area contributed by atoms with Crippen molar-refractivity contribution in [1.82, 2.24) is 4.90 Å². The second-order valence-corrected chi connectivity index (χ2v) is 3.66. The molecule has 1 fully saturated rings. The average Bonchev–Trinajstić information content (AvgIpc) is 2.78. The van der Waals surface area contributed by atoms with Crippen LogP contribution in [0, 0.1) is 5.92 Å². The van der Waals surface area contributed by atoms with Crippen LogP contribution in [0.4, 0.5) is 0 Å². The lowest BCUT2D eigenvalue weighted by Crippen LogP contribution is -2.24. The number of nitrogens with zero attached hydrogens (tertiary/aromatic N) is 1. The number of likely N-dealkylation sites (tertiary alicyclic amines) is 1. The number of hydrogen-bond donors (Lipinski definition) is 1. The lowest BCUT2D eigenvalue weighted by atomic mass is 10.1. The highest BCUT2D eigenvalue weighted by molar-refractivity contribution is 5.78. The summed E-state index contributed by atoms with van der Waals surface area (Å²) >= 11 is 0. The molecule has 0 saturated carbocycles. The lowest BCUT2D eigenvalue weighted by molar-refractivity contribution is -0.128. The van der Waals surface area contributed by atoms with Gasteiger partial charge >= 0.3 is 0 Å². The van der Waals surface area contributed by atoms with E-state index in [0.29, 0.717) is 19.5 Å². The normalized spacial score (nSPS) is 21.9. The molecule has 0 aromatic carbocycles. The summed E-state index contributed by atoms with van der Waals surface area (Å²) in [5.41, 5.74) is 0.997. The van der Waals surface area contributed by atoms with E-state index in [9.17, 15) is 4.79 Å². The molecule has 4 heteroatoms. The van der Waals surface area contributed by atoms with Gasteiger partial charge < -0.3 is 14.4 Å². The van der Waals surface area contributed by atoms with Gasteiger partial charge in [0.1, 0.15) is 0 Å². The summed E-state index contributed by atoms with van der Waals surface area (Å²) in [6.45, 7) is 1.33. The SMILES string of the molecule is O=C1CC(CO)CN1Cc1ccoc1. The minimum atomic E-state index is 0.0909. The van der Waals surface area contributed by atoms with Crippen molar-refractivity contribution in [2.24, 2.45) is 5.92 Å². The molecule has 1 aromatic rings. The van der Waals surface area contributed by atoms with Crippen LogP contribution in [0.25, 0.3) is 0 Å². The lowest BCUT2D eigenvalue weighted by Gasteiger charge is -2.14. The van der Waals surface area contributed by atoms with Gasteiger partial charge in [-0.2, -0.15) is 0 Å². The molecule has 1 atom stereocenters. The molecule has 1 saturated heterocycles. The van der Waals surface area contributed by atoms with Crippen LogP contribution in [0.5, 0.6) is 0 Å². The Labute approximate surface area is 82.1 Å². The first kappa shape index (κ1) is 9.27. The third-order valence-electron chi connectivity index (χ3n) is 2.51. The zero-order valence-electron chi connectivity index (χ0n) is 7.85. The first-order valence-corrected chi connectivity index (χ1v) is 4.69. The van der Waals surface area contributed by atoms with Crippen molar-refractivity contribution >= 4 is 5.91 Å². The summed E-state index contributed by atoms with van der Waals surface area (Å²) in [5.74, 6) is 0.222. The zero-order chi connectivity index (χ0) is 9.97. The first-order valence-electron chi connectivity index (χ1n) is 4.69. The Kier molecular flexibility index (Phi) is 2.54. The monoisotopic (exact) mass is 195 g/mol. The van der Waals surface area contributed by atoms with Gasteiger partial charge in [-0.25, -0.2) is 0 Å². The van der Waals surface area contributed by atoms with Gasteiger partial charge in [-0.1, -0.05) is 0 Å². The highest BCUT2D eigenvalue weighted by Crippen LogP contribution is 2.19. The maximum Gasteiger partial charge on any atom is 0.223 e. The number of rotatable bonds is 3. The van der Waals surface area contributed by atoms with Gasteiger partial charge in [-0.05, 0) is 6.07 Å². The Morgan fingerprint density at radius 1 is 1.64 bits per heavy atom. The highest BCUT2D eigenvalue weighted by Gasteiger charge is 2.28. The summed E-state index contributed by atoms with van der Waals surface area (Å²) in [5, 5.41) is 8.93. The average molecular weight is 195 g/mol. The predicted octanol–water partition coefficient (Wildman–Crippen LogP) is 0.620. The topological polar surface area (TPSA) is 53.7 Å². The fourth-order valence-electron chi connectivity index (χ4n) is 1.73. The molecule has 1 aromatic heterocycles. The van der Waals surface area contributed by atoms with E-state index in [2.05, 4.69) is 0 Å². The second kappa shape index (κ2) is 3.84. The van der Waals surface area contributed by atoms with Crippen LogP contribution >= 0.6 is 0 Å². The van der Waals surface area contributed by atoms with Crippen LogP contribution in [0.3, 0.4) is 0 Å². The molecule has 76 valence electrons. The summed E-state index contributed by atoms with van der Waals surface area (Å²) in [7, 11) is 0. The van der Waals surface area contributed by atoms with E-state index in [1.165, 1.54) is 0 Å². The molecule has 0 bridgehead atoms. The minimum absolute atomic E-state index is 0.0909. The van der Waals surface area contributed by atoms with E-state index < -0.39 is 0 Å². The molecule has 1 N–H and O–H groups in total. The van der Waals surface area contributed by atoms with Crippen molar-refractivity contribution in [3.8, 4) is 0 Å². The molecule has 1 aliphatic heterocycles. The fraction of sp³-hybridized carbons (Fsp3) is 0.500. The molecule has 2 rings (SSSR count). The number of furan rings is 1. The number of aliphatic hydroxyl groups is 1. The molecule has 0 spiro atoms. The van der Waals surface area contributed by atoms with E-state index in [0.717, 1.165) is 5.56 Å². The van der Waals surface area contributed by atoms with Gasteiger partial charge in [0, 0.05) is 37.6 Å². The Hall–Kier alpha value is -1.29. The van der Waals surface area contributed by atoms with Crippen molar-refractivity contribution < 1.29 is 14.3 Å². The zero-order valence-corrected chi connectivity index (χ0v) is 7.85. The van der Waals surface area contributed by atoms with Crippen LogP contribution in [0.2, 0.25) is 0 Å². The number of amides is 1. The molecular weight excluding hydrogens is 182 g/mol. The van der Waals surface area contributed by atoms with E-state index in [1.54, 1.807) is 17.4 Å². The van der Waals surface area contributed by atoms with Gasteiger partial charge in [0.25, 0.3) is 0 Å². The molecule has 1 amide bonds. The minimum Gasteiger partial charge on any atom is -0.472 e. The number of carbonyl (C=O) groups excluding carboxylic acids is 1. The largest absolute Gasteiger partial charge is 0.472 e. The van der Waals surface area contributed by atoms with E-state index >= 15 is 0 Å². The maximum absolute atomic E-state index is 11.5. The Balaban J connectivity index is 1.96. The molecule has 0 radical (unpaired) electrons. The second-order valence-electron chi connectivity index (χ2n) is 3.66. The van der Waals surface area contributed by atoms with Crippen molar-refractivity contribution in [1.29, 1.82) is 0 Å². The molecular formula is C10H13NO3. The molecule has 14 heavy (non-hydrogen) atoms. The van der Waals surface area contributed by atoms with Crippen LogP contribution in [-0.4, -0.2) is 29.1 Å².